The second-order valence-corrected chi connectivity index (χ2v) is 7.30. The third-order valence-corrected chi connectivity index (χ3v) is 4.49. The highest BCUT2D eigenvalue weighted by Gasteiger charge is 2.06. The molecule has 0 saturated heterocycles. The highest BCUT2D eigenvalue weighted by molar-refractivity contribution is 5.94. The number of benzene rings is 2. The summed E-state index contributed by atoms with van der Waals surface area (Å²) in [5.41, 5.74) is 3.68. The van der Waals surface area contributed by atoms with E-state index in [9.17, 15) is 9.59 Å². The van der Waals surface area contributed by atoms with Gasteiger partial charge in [0.15, 0.2) is 0 Å². The molecule has 1 heterocycles. The maximum atomic E-state index is 12.3. The average Bonchev–Trinajstić information content (AvgIpc) is 3.27. The summed E-state index contributed by atoms with van der Waals surface area (Å²) < 4.78 is 1.81. The Hall–Kier alpha value is -3.61. The molecule has 0 fully saturated rings. The van der Waals surface area contributed by atoms with Gasteiger partial charge in [-0.1, -0.05) is 24.3 Å². The molecule has 0 saturated carbocycles. The molecular weight excluding hydrogens is 378 g/mol. The van der Waals surface area contributed by atoms with E-state index >= 15 is 0 Å². The zero-order valence-electron chi connectivity index (χ0n) is 17.3. The van der Waals surface area contributed by atoms with Gasteiger partial charge in [0.1, 0.15) is 0 Å². The van der Waals surface area contributed by atoms with Crippen LogP contribution in [0.25, 0.3) is 5.69 Å². The van der Waals surface area contributed by atoms with E-state index in [0.717, 1.165) is 23.2 Å². The number of hydrogen-bond acceptors (Lipinski definition) is 3. The van der Waals surface area contributed by atoms with E-state index < -0.39 is 0 Å². The number of aromatic nitrogens is 2. The highest BCUT2D eigenvalue weighted by atomic mass is 16.2. The van der Waals surface area contributed by atoms with Crippen molar-refractivity contribution in [1.82, 2.24) is 25.7 Å². The van der Waals surface area contributed by atoms with E-state index in [0.29, 0.717) is 18.7 Å². The van der Waals surface area contributed by atoms with Crippen molar-refractivity contribution in [2.24, 2.45) is 0 Å². The second kappa shape index (κ2) is 10.2. The standard InChI is InChI=1S/C23H27N5O2/c1-17(2)27-23(30)25-16-19-4-8-20(9-5-19)22(29)24-14-12-18-6-10-21(11-7-18)28-15-3-13-26-28/h3-11,13,15,17H,12,14,16H2,1-2H3,(H,24,29)(H2,25,27,30). The van der Waals surface area contributed by atoms with Gasteiger partial charge in [0.25, 0.3) is 5.91 Å². The van der Waals surface area contributed by atoms with Crippen molar-refractivity contribution in [3.8, 4) is 5.69 Å². The Balaban J connectivity index is 1.43. The molecule has 1 aromatic heterocycles. The molecule has 0 bridgehead atoms. The Morgan fingerprint density at radius 3 is 2.30 bits per heavy atom. The van der Waals surface area contributed by atoms with Crippen LogP contribution in [-0.4, -0.2) is 34.3 Å². The van der Waals surface area contributed by atoms with Crippen LogP contribution in [0, 0.1) is 0 Å². The molecule has 0 radical (unpaired) electrons. The van der Waals surface area contributed by atoms with Crippen LogP contribution >= 0.6 is 0 Å². The fraction of sp³-hybridized carbons (Fsp3) is 0.261. The largest absolute Gasteiger partial charge is 0.352 e. The van der Waals surface area contributed by atoms with Gasteiger partial charge in [-0.05, 0) is 61.7 Å². The van der Waals surface area contributed by atoms with Crippen LogP contribution in [0.3, 0.4) is 0 Å². The Morgan fingerprint density at radius 2 is 1.67 bits per heavy atom. The number of hydrogen-bond donors (Lipinski definition) is 3. The summed E-state index contributed by atoms with van der Waals surface area (Å²) in [7, 11) is 0. The van der Waals surface area contributed by atoms with Crippen LogP contribution in [0.4, 0.5) is 4.79 Å². The smallest absolute Gasteiger partial charge is 0.315 e. The molecule has 2 aromatic carbocycles. The molecule has 3 rings (SSSR count). The third-order valence-electron chi connectivity index (χ3n) is 4.49. The minimum atomic E-state index is -0.204. The maximum Gasteiger partial charge on any atom is 0.315 e. The summed E-state index contributed by atoms with van der Waals surface area (Å²) in [5.74, 6) is -0.111. The first-order chi connectivity index (χ1) is 14.5. The van der Waals surface area contributed by atoms with E-state index in [1.165, 1.54) is 0 Å². The lowest BCUT2D eigenvalue weighted by molar-refractivity contribution is 0.0954. The number of amides is 3. The zero-order chi connectivity index (χ0) is 21.3. The van der Waals surface area contributed by atoms with Crippen molar-refractivity contribution in [3.05, 3.63) is 83.7 Å². The lowest BCUT2D eigenvalue weighted by Gasteiger charge is -2.10. The van der Waals surface area contributed by atoms with Gasteiger partial charge in [0, 0.05) is 37.1 Å². The van der Waals surface area contributed by atoms with Crippen LogP contribution in [0.1, 0.15) is 35.3 Å². The van der Waals surface area contributed by atoms with E-state index in [1.807, 2.05) is 67.2 Å². The SMILES string of the molecule is CC(C)NC(=O)NCc1ccc(C(=O)NCCc2ccc(-n3cccn3)cc2)cc1. The van der Waals surface area contributed by atoms with Gasteiger partial charge in [0.2, 0.25) is 0 Å². The van der Waals surface area contributed by atoms with Crippen LogP contribution < -0.4 is 16.0 Å². The first kappa shape index (κ1) is 21.1. The second-order valence-electron chi connectivity index (χ2n) is 7.30. The normalized spacial score (nSPS) is 10.6. The van der Waals surface area contributed by atoms with Crippen LogP contribution in [0.15, 0.2) is 67.0 Å². The van der Waals surface area contributed by atoms with E-state index in [2.05, 4.69) is 21.0 Å². The quantitative estimate of drug-likeness (QED) is 0.538. The molecule has 30 heavy (non-hydrogen) atoms. The molecule has 3 N–H and O–H groups in total. The number of rotatable bonds is 8. The lowest BCUT2D eigenvalue weighted by atomic mass is 10.1. The van der Waals surface area contributed by atoms with Gasteiger partial charge in [-0.15, -0.1) is 0 Å². The summed E-state index contributed by atoms with van der Waals surface area (Å²) in [6.45, 7) is 4.78. The minimum Gasteiger partial charge on any atom is -0.352 e. The predicted octanol–water partition coefficient (Wildman–Crippen LogP) is 3.05. The summed E-state index contributed by atoms with van der Waals surface area (Å²) in [4.78, 5) is 24.0. The van der Waals surface area contributed by atoms with Crippen molar-refractivity contribution in [3.63, 3.8) is 0 Å². The van der Waals surface area contributed by atoms with E-state index in [4.69, 9.17) is 0 Å². The molecule has 7 heteroatoms. The van der Waals surface area contributed by atoms with E-state index in [1.54, 1.807) is 18.3 Å². The van der Waals surface area contributed by atoms with E-state index in [-0.39, 0.29) is 18.0 Å². The average molecular weight is 406 g/mol. The van der Waals surface area contributed by atoms with Crippen molar-refractivity contribution in [2.45, 2.75) is 32.9 Å². The third kappa shape index (κ3) is 6.20. The maximum absolute atomic E-state index is 12.3. The van der Waals surface area contributed by atoms with Gasteiger partial charge < -0.3 is 16.0 Å². The van der Waals surface area contributed by atoms with Gasteiger partial charge in [-0.25, -0.2) is 9.48 Å². The van der Waals surface area contributed by atoms with Crippen molar-refractivity contribution in [1.29, 1.82) is 0 Å². The predicted molar refractivity (Wildman–Crippen MR) is 117 cm³/mol. The Morgan fingerprint density at radius 1 is 0.967 bits per heavy atom. The van der Waals surface area contributed by atoms with Gasteiger partial charge in [-0.3, -0.25) is 4.79 Å². The molecule has 3 aromatic rings. The fourth-order valence-electron chi connectivity index (χ4n) is 2.93. The summed E-state index contributed by atoms with van der Waals surface area (Å²) in [6, 6.07) is 17.1. The number of carbonyl (C=O) groups is 2. The number of nitrogens with zero attached hydrogens (tertiary/aromatic N) is 2. The van der Waals surface area contributed by atoms with Gasteiger partial charge >= 0.3 is 6.03 Å². The molecule has 7 nitrogen and oxygen atoms in total. The molecule has 0 atom stereocenters. The first-order valence-electron chi connectivity index (χ1n) is 10.0. The summed E-state index contributed by atoms with van der Waals surface area (Å²) in [5, 5.41) is 12.7. The Bertz CT molecular complexity index is 948. The molecule has 0 unspecified atom stereocenters. The van der Waals surface area contributed by atoms with Crippen molar-refractivity contribution in [2.75, 3.05) is 6.54 Å². The number of urea groups is 1. The van der Waals surface area contributed by atoms with Crippen molar-refractivity contribution < 1.29 is 9.59 Å². The van der Waals surface area contributed by atoms with Crippen LogP contribution in [0.5, 0.6) is 0 Å². The summed E-state index contributed by atoms with van der Waals surface area (Å²) in [6.07, 6.45) is 4.39. The monoisotopic (exact) mass is 405 g/mol. The molecular formula is C23H27N5O2. The minimum absolute atomic E-state index is 0.0883. The Labute approximate surface area is 176 Å². The topological polar surface area (TPSA) is 88.0 Å². The molecule has 156 valence electrons. The number of nitrogens with one attached hydrogen (secondary N) is 3. The number of carbonyl (C=O) groups excluding carboxylic acids is 2. The van der Waals surface area contributed by atoms with Gasteiger partial charge in [0.05, 0.1) is 5.69 Å². The molecule has 0 spiro atoms. The molecule has 0 aliphatic heterocycles. The zero-order valence-corrected chi connectivity index (χ0v) is 17.3. The molecule has 0 aliphatic rings. The fourth-order valence-corrected chi connectivity index (χ4v) is 2.93. The Kier molecular flexibility index (Phi) is 7.21. The first-order valence-corrected chi connectivity index (χ1v) is 10.0. The molecule has 3 amide bonds. The van der Waals surface area contributed by atoms with Crippen LogP contribution in [0.2, 0.25) is 0 Å². The molecule has 0 aliphatic carbocycles. The lowest BCUT2D eigenvalue weighted by Crippen LogP contribution is -2.39. The van der Waals surface area contributed by atoms with Gasteiger partial charge in [-0.2, -0.15) is 5.10 Å². The highest BCUT2D eigenvalue weighted by Crippen LogP contribution is 2.09. The summed E-state index contributed by atoms with van der Waals surface area (Å²) >= 11 is 0. The van der Waals surface area contributed by atoms with Crippen molar-refractivity contribution >= 4 is 11.9 Å². The van der Waals surface area contributed by atoms with Crippen LogP contribution in [-0.2, 0) is 13.0 Å².